The molecule has 0 rings (SSSR count). The van der Waals surface area contributed by atoms with Crippen molar-refractivity contribution in [2.24, 2.45) is 5.92 Å². The zero-order valence-corrected chi connectivity index (χ0v) is 9.59. The summed E-state index contributed by atoms with van der Waals surface area (Å²) in [5, 5.41) is 3.41. The van der Waals surface area contributed by atoms with Gasteiger partial charge in [-0.1, -0.05) is 32.9 Å². The maximum Gasteiger partial charge on any atom is 0.0298 e. The van der Waals surface area contributed by atoms with Crippen LogP contribution < -0.4 is 5.32 Å². The Kier molecular flexibility index (Phi) is 6.38. The van der Waals surface area contributed by atoms with E-state index in [0.29, 0.717) is 12.0 Å². The monoisotopic (exact) mass is 181 g/mol. The molecule has 0 aliphatic rings. The van der Waals surface area contributed by atoms with Gasteiger partial charge in [0.1, 0.15) is 0 Å². The predicted molar refractivity (Wildman–Crippen MR) is 60.6 cm³/mol. The van der Waals surface area contributed by atoms with Crippen molar-refractivity contribution in [1.82, 2.24) is 5.32 Å². The first-order valence-corrected chi connectivity index (χ1v) is 5.21. The quantitative estimate of drug-likeness (QED) is 0.640. The molecular formula is C12H23N. The minimum atomic E-state index is 0.509. The van der Waals surface area contributed by atoms with Gasteiger partial charge in [0.05, 0.1) is 0 Å². The Labute approximate surface area is 82.9 Å². The summed E-state index contributed by atoms with van der Waals surface area (Å²) in [6, 6.07) is 0.509. The molecule has 0 aromatic heterocycles. The predicted octanol–water partition coefficient (Wildman–Crippen LogP) is 3.49. The second-order valence-electron chi connectivity index (χ2n) is 3.97. The van der Waals surface area contributed by atoms with Gasteiger partial charge in [-0.3, -0.25) is 0 Å². The average Bonchev–Trinajstić information content (AvgIpc) is 1.99. The molecule has 0 aromatic rings. The topological polar surface area (TPSA) is 12.0 Å². The van der Waals surface area contributed by atoms with Gasteiger partial charge in [0.25, 0.3) is 0 Å². The lowest BCUT2D eigenvalue weighted by Crippen LogP contribution is -2.20. The van der Waals surface area contributed by atoms with Gasteiger partial charge in [0, 0.05) is 11.7 Å². The Bertz CT molecular complexity index is 176. The Morgan fingerprint density at radius 2 is 1.85 bits per heavy atom. The summed E-state index contributed by atoms with van der Waals surface area (Å²) in [5.74, 6) is 0.620. The van der Waals surface area contributed by atoms with Crippen LogP contribution >= 0.6 is 0 Å². The molecule has 1 nitrogen and oxygen atoms in total. The summed E-state index contributed by atoms with van der Waals surface area (Å²) >= 11 is 0. The number of nitrogens with one attached hydrogen (secondary N) is 1. The summed E-state index contributed by atoms with van der Waals surface area (Å²) in [7, 11) is 0. The molecule has 0 fully saturated rings. The third-order valence-corrected chi connectivity index (χ3v) is 1.54. The van der Waals surface area contributed by atoms with E-state index < -0.39 is 0 Å². The number of rotatable bonds is 5. The van der Waals surface area contributed by atoms with E-state index in [4.69, 9.17) is 0 Å². The highest BCUT2D eigenvalue weighted by Crippen LogP contribution is 2.01. The van der Waals surface area contributed by atoms with Gasteiger partial charge >= 0.3 is 0 Å². The molecule has 0 amide bonds. The molecule has 0 spiro atoms. The lowest BCUT2D eigenvalue weighted by molar-refractivity contribution is 0.677. The van der Waals surface area contributed by atoms with E-state index >= 15 is 0 Å². The molecule has 0 bridgehead atoms. The van der Waals surface area contributed by atoms with Crippen LogP contribution in [-0.4, -0.2) is 6.04 Å². The van der Waals surface area contributed by atoms with Crippen molar-refractivity contribution in [2.75, 3.05) is 0 Å². The summed E-state index contributed by atoms with van der Waals surface area (Å²) in [6.45, 7) is 10.9. The fourth-order valence-corrected chi connectivity index (χ4v) is 1.02. The normalized spacial score (nSPS) is 13.3. The molecule has 0 atom stereocenters. The zero-order chi connectivity index (χ0) is 10.3. The first-order chi connectivity index (χ1) is 6.06. The van der Waals surface area contributed by atoms with Crippen molar-refractivity contribution >= 4 is 0 Å². The van der Waals surface area contributed by atoms with Gasteiger partial charge in [-0.15, -0.1) is 0 Å². The third-order valence-electron chi connectivity index (χ3n) is 1.54. The molecule has 0 aliphatic carbocycles. The van der Waals surface area contributed by atoms with Crippen LogP contribution in [-0.2, 0) is 0 Å². The minimum absolute atomic E-state index is 0.509. The van der Waals surface area contributed by atoms with Crippen molar-refractivity contribution in [3.63, 3.8) is 0 Å². The molecule has 0 aromatic carbocycles. The van der Waals surface area contributed by atoms with Crippen LogP contribution in [0, 0.1) is 5.92 Å². The zero-order valence-electron chi connectivity index (χ0n) is 9.59. The molecule has 0 unspecified atom stereocenters. The molecule has 0 saturated heterocycles. The first kappa shape index (κ1) is 12.3. The highest BCUT2D eigenvalue weighted by Gasteiger charge is 1.94. The Balaban J connectivity index is 4.18. The van der Waals surface area contributed by atoms with Crippen LogP contribution in [0.2, 0.25) is 0 Å². The molecule has 0 aliphatic heterocycles. The molecule has 0 radical (unpaired) electrons. The fraction of sp³-hybridized carbons (Fsp3) is 0.667. The highest BCUT2D eigenvalue weighted by atomic mass is 14.9. The van der Waals surface area contributed by atoms with Gasteiger partial charge in [-0.25, -0.2) is 0 Å². The van der Waals surface area contributed by atoms with Crippen molar-refractivity contribution in [2.45, 2.75) is 47.1 Å². The molecule has 1 N–H and O–H groups in total. The van der Waals surface area contributed by atoms with Crippen molar-refractivity contribution in [3.8, 4) is 0 Å². The van der Waals surface area contributed by atoms with Gasteiger partial charge in [0.2, 0.25) is 0 Å². The van der Waals surface area contributed by atoms with E-state index in [9.17, 15) is 0 Å². The lowest BCUT2D eigenvalue weighted by Gasteiger charge is -2.11. The van der Waals surface area contributed by atoms with E-state index in [-0.39, 0.29) is 0 Å². The highest BCUT2D eigenvalue weighted by molar-refractivity contribution is 5.17. The van der Waals surface area contributed by atoms with E-state index in [1.807, 2.05) is 0 Å². The fourth-order valence-electron chi connectivity index (χ4n) is 1.02. The van der Waals surface area contributed by atoms with E-state index in [1.54, 1.807) is 0 Å². The van der Waals surface area contributed by atoms with Crippen molar-refractivity contribution in [3.05, 3.63) is 23.9 Å². The Hall–Kier alpha value is -0.720. The molecule has 76 valence electrons. The Morgan fingerprint density at radius 1 is 1.23 bits per heavy atom. The standard InChI is InChI=1S/C12H23N/c1-6-7-12(13-11(4)5)9-8-10(2)3/h7-11,13H,6H2,1-5H3/b9-8-,12-7+. The maximum absolute atomic E-state index is 3.41. The Morgan fingerprint density at radius 3 is 2.23 bits per heavy atom. The third kappa shape index (κ3) is 7.63. The van der Waals surface area contributed by atoms with E-state index in [0.717, 1.165) is 6.42 Å². The van der Waals surface area contributed by atoms with Gasteiger partial charge in [0.15, 0.2) is 0 Å². The van der Waals surface area contributed by atoms with Crippen LogP contribution in [0.15, 0.2) is 23.9 Å². The van der Waals surface area contributed by atoms with Gasteiger partial charge < -0.3 is 5.32 Å². The molecule has 0 saturated carbocycles. The smallest absolute Gasteiger partial charge is 0.0298 e. The van der Waals surface area contributed by atoms with Crippen molar-refractivity contribution < 1.29 is 0 Å². The van der Waals surface area contributed by atoms with Crippen LogP contribution in [0.3, 0.4) is 0 Å². The summed E-state index contributed by atoms with van der Waals surface area (Å²) in [4.78, 5) is 0. The molecular weight excluding hydrogens is 158 g/mol. The summed E-state index contributed by atoms with van der Waals surface area (Å²) < 4.78 is 0. The SMILES string of the molecule is CC/C=C(\C=C/C(C)C)NC(C)C. The molecule has 0 heterocycles. The number of allylic oxidation sites excluding steroid dienone is 3. The molecule has 13 heavy (non-hydrogen) atoms. The van der Waals surface area contributed by atoms with Crippen molar-refractivity contribution in [1.29, 1.82) is 0 Å². The molecule has 1 heteroatoms. The minimum Gasteiger partial charge on any atom is -0.383 e. The van der Waals surface area contributed by atoms with E-state index in [1.165, 1.54) is 5.70 Å². The van der Waals surface area contributed by atoms with Crippen LogP contribution in [0.5, 0.6) is 0 Å². The lowest BCUT2D eigenvalue weighted by atomic mass is 10.2. The van der Waals surface area contributed by atoms with Gasteiger partial charge in [-0.05, 0) is 32.3 Å². The van der Waals surface area contributed by atoms with Crippen LogP contribution in [0.25, 0.3) is 0 Å². The average molecular weight is 181 g/mol. The van der Waals surface area contributed by atoms with Crippen LogP contribution in [0.1, 0.15) is 41.0 Å². The maximum atomic E-state index is 3.41. The second kappa shape index (κ2) is 6.76. The number of hydrogen-bond acceptors (Lipinski definition) is 1. The first-order valence-electron chi connectivity index (χ1n) is 5.21. The van der Waals surface area contributed by atoms with Gasteiger partial charge in [-0.2, -0.15) is 0 Å². The number of hydrogen-bond donors (Lipinski definition) is 1. The second-order valence-corrected chi connectivity index (χ2v) is 3.97. The summed E-state index contributed by atoms with van der Waals surface area (Å²) in [5.41, 5.74) is 1.24. The summed E-state index contributed by atoms with van der Waals surface area (Å²) in [6.07, 6.45) is 7.70. The van der Waals surface area contributed by atoms with Crippen LogP contribution in [0.4, 0.5) is 0 Å². The van der Waals surface area contributed by atoms with E-state index in [2.05, 4.69) is 58.2 Å². The largest absolute Gasteiger partial charge is 0.383 e.